The zero-order valence-corrected chi connectivity index (χ0v) is 15.8. The molecule has 6 heteroatoms. The van der Waals surface area contributed by atoms with Crippen molar-refractivity contribution < 1.29 is 14.3 Å². The lowest BCUT2D eigenvalue weighted by molar-refractivity contribution is -0.124. The number of hydrogen-bond donors (Lipinski definition) is 1. The van der Waals surface area contributed by atoms with E-state index in [4.69, 9.17) is 4.74 Å². The van der Waals surface area contributed by atoms with Crippen LogP contribution < -0.4 is 5.32 Å². The van der Waals surface area contributed by atoms with E-state index in [-0.39, 0.29) is 18.6 Å². The first-order valence-corrected chi connectivity index (χ1v) is 9.37. The number of thioether (sulfide) groups is 1. The lowest BCUT2D eigenvalue weighted by atomic mass is 10.1. The highest BCUT2D eigenvalue weighted by atomic mass is 79.9. The molecule has 0 saturated carbocycles. The van der Waals surface area contributed by atoms with Crippen LogP contribution in [-0.4, -0.2) is 24.7 Å². The maximum Gasteiger partial charge on any atom is 0.338 e. The largest absolute Gasteiger partial charge is 0.452 e. The third-order valence-electron chi connectivity index (χ3n) is 3.41. The fourth-order valence-corrected chi connectivity index (χ4v) is 2.73. The van der Waals surface area contributed by atoms with Gasteiger partial charge in [-0.05, 0) is 55.1 Å². The summed E-state index contributed by atoms with van der Waals surface area (Å²) >= 11 is 4.97. The highest BCUT2D eigenvalue weighted by Crippen LogP contribution is 2.17. The number of rotatable bonds is 6. The normalized spacial score (nSPS) is 11.6. The molecular formula is C18H18BrNO3S. The maximum absolute atomic E-state index is 11.9. The Bertz CT molecular complexity index is 701. The molecule has 2 rings (SSSR count). The minimum Gasteiger partial charge on any atom is -0.452 e. The van der Waals surface area contributed by atoms with E-state index in [0.717, 1.165) is 14.9 Å². The van der Waals surface area contributed by atoms with Gasteiger partial charge in [-0.1, -0.05) is 28.1 Å². The van der Waals surface area contributed by atoms with E-state index in [1.165, 1.54) is 0 Å². The smallest absolute Gasteiger partial charge is 0.338 e. The van der Waals surface area contributed by atoms with Crippen LogP contribution in [0.25, 0.3) is 0 Å². The predicted molar refractivity (Wildman–Crippen MR) is 99.2 cm³/mol. The minimum absolute atomic E-state index is 0.162. The standard InChI is InChI=1S/C18H18BrNO3S/c1-12(13-3-7-15(19)8-4-13)20-17(21)11-23-18(22)14-5-9-16(24-2)10-6-14/h3-10,12H,11H2,1-2H3,(H,20,21)/t12-/m0/s1. The molecule has 0 radical (unpaired) electrons. The second-order valence-electron chi connectivity index (χ2n) is 5.15. The van der Waals surface area contributed by atoms with Crippen molar-refractivity contribution in [3.8, 4) is 0 Å². The predicted octanol–water partition coefficient (Wildman–Crippen LogP) is 4.21. The van der Waals surface area contributed by atoms with Crippen molar-refractivity contribution in [2.45, 2.75) is 17.9 Å². The van der Waals surface area contributed by atoms with Crippen molar-refractivity contribution in [3.05, 3.63) is 64.1 Å². The summed E-state index contributed by atoms with van der Waals surface area (Å²) < 4.78 is 6.03. The Kier molecular flexibility index (Phi) is 6.87. The minimum atomic E-state index is -0.505. The van der Waals surface area contributed by atoms with Crippen LogP contribution in [0.4, 0.5) is 0 Å². The first-order valence-electron chi connectivity index (χ1n) is 7.35. The van der Waals surface area contributed by atoms with E-state index in [1.54, 1.807) is 23.9 Å². The van der Waals surface area contributed by atoms with Gasteiger partial charge in [-0.15, -0.1) is 11.8 Å². The van der Waals surface area contributed by atoms with Crippen LogP contribution in [0, 0.1) is 0 Å². The summed E-state index contributed by atoms with van der Waals surface area (Å²) in [6, 6.07) is 14.6. The van der Waals surface area contributed by atoms with Gasteiger partial charge in [0.05, 0.1) is 11.6 Å². The lowest BCUT2D eigenvalue weighted by Crippen LogP contribution is -2.31. The Hall–Kier alpha value is -1.79. The van der Waals surface area contributed by atoms with Gasteiger partial charge in [0.2, 0.25) is 0 Å². The molecule has 0 heterocycles. The zero-order chi connectivity index (χ0) is 17.5. The molecule has 0 aliphatic rings. The third-order valence-corrected chi connectivity index (χ3v) is 4.68. The van der Waals surface area contributed by atoms with Gasteiger partial charge in [-0.3, -0.25) is 4.79 Å². The average molecular weight is 408 g/mol. The molecule has 0 saturated heterocycles. The maximum atomic E-state index is 11.9. The van der Waals surface area contributed by atoms with Crippen molar-refractivity contribution in [1.29, 1.82) is 0 Å². The molecule has 2 aromatic carbocycles. The summed E-state index contributed by atoms with van der Waals surface area (Å²) in [4.78, 5) is 24.9. The zero-order valence-electron chi connectivity index (χ0n) is 13.4. The number of nitrogens with one attached hydrogen (secondary N) is 1. The number of carbonyl (C=O) groups is 2. The number of halogens is 1. The fourth-order valence-electron chi connectivity index (χ4n) is 2.06. The molecule has 0 fully saturated rings. The van der Waals surface area contributed by atoms with Gasteiger partial charge >= 0.3 is 5.97 Å². The molecule has 24 heavy (non-hydrogen) atoms. The van der Waals surface area contributed by atoms with Gasteiger partial charge in [0.15, 0.2) is 6.61 Å². The number of hydrogen-bond acceptors (Lipinski definition) is 4. The molecular weight excluding hydrogens is 390 g/mol. The van der Waals surface area contributed by atoms with Crippen LogP contribution in [0.5, 0.6) is 0 Å². The Morgan fingerprint density at radius 1 is 1.12 bits per heavy atom. The van der Waals surface area contributed by atoms with Crippen LogP contribution in [0.3, 0.4) is 0 Å². The summed E-state index contributed by atoms with van der Waals surface area (Å²) in [6.45, 7) is 1.58. The fraction of sp³-hybridized carbons (Fsp3) is 0.222. The second kappa shape index (κ2) is 8.89. The van der Waals surface area contributed by atoms with Crippen molar-refractivity contribution in [1.82, 2.24) is 5.32 Å². The summed E-state index contributed by atoms with van der Waals surface area (Å²) in [5, 5.41) is 2.81. The van der Waals surface area contributed by atoms with Gasteiger partial charge < -0.3 is 10.1 Å². The first-order chi connectivity index (χ1) is 11.5. The molecule has 0 bridgehead atoms. The first kappa shape index (κ1) is 18.5. The number of benzene rings is 2. The molecule has 0 unspecified atom stereocenters. The second-order valence-corrected chi connectivity index (χ2v) is 6.94. The number of ether oxygens (including phenoxy) is 1. The monoisotopic (exact) mass is 407 g/mol. The Labute approximate surface area is 154 Å². The van der Waals surface area contributed by atoms with Crippen LogP contribution in [0.2, 0.25) is 0 Å². The van der Waals surface area contributed by atoms with Gasteiger partial charge in [0.1, 0.15) is 0 Å². The molecule has 0 aliphatic heterocycles. The molecule has 0 aromatic heterocycles. The molecule has 1 atom stereocenters. The van der Waals surface area contributed by atoms with E-state index in [2.05, 4.69) is 21.2 Å². The molecule has 1 amide bonds. The summed E-state index contributed by atoms with van der Waals surface area (Å²) in [5.74, 6) is -0.839. The van der Waals surface area contributed by atoms with Gasteiger partial charge in [0.25, 0.3) is 5.91 Å². The summed E-state index contributed by atoms with van der Waals surface area (Å²) in [7, 11) is 0. The van der Waals surface area contributed by atoms with Gasteiger partial charge in [0, 0.05) is 9.37 Å². The van der Waals surface area contributed by atoms with Crippen LogP contribution >= 0.6 is 27.7 Å². The SMILES string of the molecule is CSc1ccc(C(=O)OCC(=O)N[C@@H](C)c2ccc(Br)cc2)cc1. The lowest BCUT2D eigenvalue weighted by Gasteiger charge is -2.14. The molecule has 0 aliphatic carbocycles. The summed E-state index contributed by atoms with van der Waals surface area (Å²) in [5.41, 5.74) is 1.41. The highest BCUT2D eigenvalue weighted by Gasteiger charge is 2.13. The molecule has 1 N–H and O–H groups in total. The van der Waals surface area contributed by atoms with Crippen LogP contribution in [0.15, 0.2) is 57.9 Å². The van der Waals surface area contributed by atoms with E-state index in [9.17, 15) is 9.59 Å². The summed E-state index contributed by atoms with van der Waals surface area (Å²) in [6.07, 6.45) is 1.96. The quantitative estimate of drug-likeness (QED) is 0.575. The van der Waals surface area contributed by atoms with E-state index in [0.29, 0.717) is 5.56 Å². The Morgan fingerprint density at radius 3 is 2.33 bits per heavy atom. The topological polar surface area (TPSA) is 55.4 Å². The molecule has 2 aromatic rings. The van der Waals surface area contributed by atoms with Crippen molar-refractivity contribution >= 4 is 39.6 Å². The molecule has 0 spiro atoms. The van der Waals surface area contributed by atoms with Gasteiger partial charge in [-0.25, -0.2) is 4.79 Å². The van der Waals surface area contributed by atoms with E-state index < -0.39 is 5.97 Å². The van der Waals surface area contributed by atoms with E-state index in [1.807, 2.05) is 49.6 Å². The van der Waals surface area contributed by atoms with Crippen LogP contribution in [-0.2, 0) is 9.53 Å². The number of carbonyl (C=O) groups excluding carboxylic acids is 2. The van der Waals surface area contributed by atoms with Crippen molar-refractivity contribution in [2.24, 2.45) is 0 Å². The highest BCUT2D eigenvalue weighted by molar-refractivity contribution is 9.10. The molecule has 4 nitrogen and oxygen atoms in total. The average Bonchev–Trinajstić information content (AvgIpc) is 2.60. The number of esters is 1. The Morgan fingerprint density at radius 2 is 1.75 bits per heavy atom. The van der Waals surface area contributed by atoms with Crippen LogP contribution in [0.1, 0.15) is 28.9 Å². The number of amides is 1. The van der Waals surface area contributed by atoms with Crippen molar-refractivity contribution in [3.63, 3.8) is 0 Å². The van der Waals surface area contributed by atoms with E-state index >= 15 is 0 Å². The Balaban J connectivity index is 1.83. The molecule has 126 valence electrons. The third kappa shape index (κ3) is 5.39. The van der Waals surface area contributed by atoms with Gasteiger partial charge in [-0.2, -0.15) is 0 Å². The van der Waals surface area contributed by atoms with Crippen molar-refractivity contribution in [2.75, 3.05) is 12.9 Å².